The summed E-state index contributed by atoms with van der Waals surface area (Å²) < 4.78 is 0. The van der Waals surface area contributed by atoms with Crippen molar-refractivity contribution in [2.45, 2.75) is 27.2 Å². The molecule has 0 unspecified atom stereocenters. The third kappa shape index (κ3) is 5.18. The molecule has 1 aromatic rings. The Kier molecular flexibility index (Phi) is 5.78. The number of nitro groups is 1. The first-order chi connectivity index (χ1) is 9.81. The lowest BCUT2D eigenvalue weighted by Gasteiger charge is -2.07. The Balaban J connectivity index is 2.93. The van der Waals surface area contributed by atoms with Crippen molar-refractivity contribution in [3.8, 4) is 0 Å². The Bertz CT molecular complexity index is 591. The summed E-state index contributed by atoms with van der Waals surface area (Å²) in [6.45, 7) is 5.10. The molecule has 1 aromatic carbocycles. The fourth-order valence-corrected chi connectivity index (χ4v) is 1.72. The number of rotatable bonds is 7. The molecule has 0 saturated carbocycles. The molecule has 1 N–H and O–H groups in total. The summed E-state index contributed by atoms with van der Waals surface area (Å²) in [6, 6.07) is 5.84. The molecule has 0 saturated heterocycles. The predicted octanol–water partition coefficient (Wildman–Crippen LogP) is 3.09. The zero-order valence-corrected chi connectivity index (χ0v) is 12.3. The summed E-state index contributed by atoms with van der Waals surface area (Å²) in [7, 11) is 0. The molecule has 6 heteroatoms. The summed E-state index contributed by atoms with van der Waals surface area (Å²) >= 11 is 0. The van der Waals surface area contributed by atoms with Crippen LogP contribution in [0.15, 0.2) is 36.0 Å². The molecule has 0 atom stereocenters. The third-order valence-corrected chi connectivity index (χ3v) is 2.71. The van der Waals surface area contributed by atoms with Gasteiger partial charge in [-0.2, -0.15) is 0 Å². The number of Topliss-reactive ketones (excluding diaryl/α,β-unsaturated/α-hetero) is 2. The molecule has 21 heavy (non-hydrogen) atoms. The van der Waals surface area contributed by atoms with Crippen LogP contribution in [0.25, 0.3) is 0 Å². The van der Waals surface area contributed by atoms with E-state index >= 15 is 0 Å². The van der Waals surface area contributed by atoms with Gasteiger partial charge in [-0.1, -0.05) is 19.9 Å². The van der Waals surface area contributed by atoms with Gasteiger partial charge in [0.1, 0.15) is 0 Å². The van der Waals surface area contributed by atoms with Crippen LogP contribution in [-0.4, -0.2) is 16.5 Å². The molecule has 0 radical (unpaired) electrons. The number of hydrogen-bond acceptors (Lipinski definition) is 5. The second-order valence-electron chi connectivity index (χ2n) is 5.09. The van der Waals surface area contributed by atoms with E-state index in [0.29, 0.717) is 5.69 Å². The van der Waals surface area contributed by atoms with Gasteiger partial charge in [0.15, 0.2) is 11.6 Å². The molecule has 0 aliphatic rings. The highest BCUT2D eigenvalue weighted by atomic mass is 16.6. The molecule has 0 heterocycles. The number of nitrogens with zero attached hydrogens (tertiary/aromatic N) is 1. The molecule has 0 aromatic heterocycles. The number of nitrogens with one attached hydrogen (secondary N) is 1. The Hall–Kier alpha value is -2.50. The van der Waals surface area contributed by atoms with Gasteiger partial charge in [-0.05, 0) is 18.9 Å². The highest BCUT2D eigenvalue weighted by Gasteiger charge is 2.15. The van der Waals surface area contributed by atoms with E-state index in [0.717, 1.165) is 0 Å². The van der Waals surface area contributed by atoms with Crippen LogP contribution in [0, 0.1) is 16.0 Å². The smallest absolute Gasteiger partial charge is 0.271 e. The summed E-state index contributed by atoms with van der Waals surface area (Å²) in [5.41, 5.74) is 0.446. The molecule has 6 nitrogen and oxygen atoms in total. The maximum atomic E-state index is 12.0. The maximum Gasteiger partial charge on any atom is 0.271 e. The predicted molar refractivity (Wildman–Crippen MR) is 79.9 cm³/mol. The third-order valence-electron chi connectivity index (χ3n) is 2.71. The maximum absolute atomic E-state index is 12.0. The molecule has 0 aliphatic heterocycles. The number of allylic oxidation sites excluding steroid dienone is 1. The number of anilines is 1. The molecular formula is C15H18N2O4. The van der Waals surface area contributed by atoms with Gasteiger partial charge in [-0.25, -0.2) is 0 Å². The first-order valence-corrected chi connectivity index (χ1v) is 6.56. The number of ketones is 2. The van der Waals surface area contributed by atoms with Crippen LogP contribution < -0.4 is 5.32 Å². The Morgan fingerprint density at radius 2 is 2.05 bits per heavy atom. The molecule has 1 rings (SSSR count). The normalized spacial score (nSPS) is 11.3. The second kappa shape index (κ2) is 7.33. The zero-order valence-electron chi connectivity index (χ0n) is 12.3. The second-order valence-corrected chi connectivity index (χ2v) is 5.09. The molecule has 0 aliphatic carbocycles. The van der Waals surface area contributed by atoms with E-state index in [4.69, 9.17) is 0 Å². The van der Waals surface area contributed by atoms with Crippen LogP contribution >= 0.6 is 0 Å². The number of hydrogen-bond donors (Lipinski definition) is 1. The van der Waals surface area contributed by atoms with Gasteiger partial charge in [0.2, 0.25) is 0 Å². The average molecular weight is 290 g/mol. The van der Waals surface area contributed by atoms with Crippen molar-refractivity contribution in [2.75, 3.05) is 5.32 Å². The number of nitro benzene ring substituents is 1. The number of carbonyl (C=O) groups is 2. The summed E-state index contributed by atoms with van der Waals surface area (Å²) in [4.78, 5) is 33.7. The van der Waals surface area contributed by atoms with Gasteiger partial charge >= 0.3 is 0 Å². The largest absolute Gasteiger partial charge is 0.361 e. The van der Waals surface area contributed by atoms with Crippen molar-refractivity contribution in [3.05, 3.63) is 46.2 Å². The minimum Gasteiger partial charge on any atom is -0.361 e. The molecular weight excluding hydrogens is 272 g/mol. The highest BCUT2D eigenvalue weighted by molar-refractivity contribution is 6.19. The van der Waals surface area contributed by atoms with Crippen LogP contribution in [-0.2, 0) is 9.59 Å². The standard InChI is InChI=1S/C15H18N2O4/c1-10(2)7-15(19)14(11(3)18)9-16-12-5-4-6-13(8-12)17(20)21/h4-6,8-10,16H,7H2,1-3H3/b14-9-. The first-order valence-electron chi connectivity index (χ1n) is 6.56. The van der Waals surface area contributed by atoms with Gasteiger partial charge in [0, 0.05) is 30.4 Å². The molecule has 0 amide bonds. The molecule has 112 valence electrons. The monoisotopic (exact) mass is 290 g/mol. The van der Waals surface area contributed by atoms with Crippen LogP contribution in [0.1, 0.15) is 27.2 Å². The van der Waals surface area contributed by atoms with E-state index in [1.807, 2.05) is 13.8 Å². The quantitative estimate of drug-likeness (QED) is 0.274. The molecule has 0 spiro atoms. The van der Waals surface area contributed by atoms with E-state index in [1.165, 1.54) is 31.3 Å². The van der Waals surface area contributed by atoms with E-state index in [9.17, 15) is 19.7 Å². The van der Waals surface area contributed by atoms with E-state index in [2.05, 4.69) is 5.32 Å². The minimum absolute atomic E-state index is 0.0636. The van der Waals surface area contributed by atoms with Gasteiger partial charge in [0.05, 0.1) is 10.5 Å². The van der Waals surface area contributed by atoms with E-state index < -0.39 is 4.92 Å². The van der Waals surface area contributed by atoms with Crippen molar-refractivity contribution >= 4 is 22.9 Å². The van der Waals surface area contributed by atoms with E-state index in [-0.39, 0.29) is 35.2 Å². The highest BCUT2D eigenvalue weighted by Crippen LogP contribution is 2.17. The summed E-state index contributed by atoms with van der Waals surface area (Å²) in [5.74, 6) is -0.424. The summed E-state index contributed by atoms with van der Waals surface area (Å²) in [5, 5.41) is 13.5. The topological polar surface area (TPSA) is 89.3 Å². The van der Waals surface area contributed by atoms with Gasteiger partial charge < -0.3 is 5.32 Å². The van der Waals surface area contributed by atoms with Crippen LogP contribution in [0.5, 0.6) is 0 Å². The summed E-state index contributed by atoms with van der Waals surface area (Å²) in [6.07, 6.45) is 1.59. The zero-order chi connectivity index (χ0) is 16.0. The fourth-order valence-electron chi connectivity index (χ4n) is 1.72. The van der Waals surface area contributed by atoms with Crippen LogP contribution in [0.2, 0.25) is 0 Å². The van der Waals surface area contributed by atoms with Crippen LogP contribution in [0.4, 0.5) is 11.4 Å². The van der Waals surface area contributed by atoms with Gasteiger partial charge in [-0.15, -0.1) is 0 Å². The lowest BCUT2D eigenvalue weighted by Crippen LogP contribution is -2.14. The SMILES string of the molecule is CC(=O)/C(=C/Nc1cccc([N+](=O)[O-])c1)C(=O)CC(C)C. The van der Waals surface area contributed by atoms with Crippen molar-refractivity contribution < 1.29 is 14.5 Å². The van der Waals surface area contributed by atoms with Gasteiger partial charge in [0.25, 0.3) is 5.69 Å². The minimum atomic E-state index is -0.509. The Morgan fingerprint density at radius 1 is 1.38 bits per heavy atom. The Morgan fingerprint density at radius 3 is 2.57 bits per heavy atom. The van der Waals surface area contributed by atoms with Crippen molar-refractivity contribution in [2.24, 2.45) is 5.92 Å². The number of non-ortho nitro benzene ring substituents is 1. The lowest BCUT2D eigenvalue weighted by molar-refractivity contribution is -0.384. The Labute approximate surface area is 123 Å². The number of benzene rings is 1. The van der Waals surface area contributed by atoms with E-state index in [1.54, 1.807) is 6.07 Å². The van der Waals surface area contributed by atoms with Crippen LogP contribution in [0.3, 0.4) is 0 Å². The average Bonchev–Trinajstić information content (AvgIpc) is 2.37. The van der Waals surface area contributed by atoms with Crippen molar-refractivity contribution in [3.63, 3.8) is 0 Å². The number of carbonyl (C=O) groups excluding carboxylic acids is 2. The lowest BCUT2D eigenvalue weighted by atomic mass is 10.00. The first kappa shape index (κ1) is 16.6. The molecule has 0 bridgehead atoms. The molecule has 0 fully saturated rings. The van der Waals surface area contributed by atoms with Crippen molar-refractivity contribution in [1.29, 1.82) is 0 Å². The van der Waals surface area contributed by atoms with Crippen molar-refractivity contribution in [1.82, 2.24) is 0 Å². The fraction of sp³-hybridized carbons (Fsp3) is 0.333. The van der Waals surface area contributed by atoms with Gasteiger partial charge in [-0.3, -0.25) is 19.7 Å².